The van der Waals surface area contributed by atoms with E-state index in [2.05, 4.69) is 43.0 Å². The van der Waals surface area contributed by atoms with Crippen LogP contribution in [0.3, 0.4) is 0 Å². The third kappa shape index (κ3) is 3.55. The summed E-state index contributed by atoms with van der Waals surface area (Å²) < 4.78 is 0. The second-order valence-corrected chi connectivity index (χ2v) is 7.11. The minimum absolute atomic E-state index is 0. The number of hydrogen-bond donors (Lipinski definition) is 1. The van der Waals surface area contributed by atoms with Crippen LogP contribution in [0.25, 0.3) is 0 Å². The van der Waals surface area contributed by atoms with Crippen molar-refractivity contribution in [1.29, 1.82) is 0 Å². The van der Waals surface area contributed by atoms with E-state index in [9.17, 15) is 0 Å². The normalized spacial score (nSPS) is 26.1. The molecule has 1 heterocycles. The first-order valence-corrected chi connectivity index (χ1v) is 7.61. The predicted octanol–water partition coefficient (Wildman–Crippen LogP) is 3.55. The summed E-state index contributed by atoms with van der Waals surface area (Å²) in [6.07, 6.45) is 3.89. The highest BCUT2D eigenvalue weighted by Crippen LogP contribution is 2.40. The first-order chi connectivity index (χ1) is 9.04. The number of piperidine rings is 1. The number of hydrogen-bond acceptors (Lipinski definition) is 2. The fraction of sp³-hybridized carbons (Fsp3) is 0.647. The van der Waals surface area contributed by atoms with Crippen LogP contribution >= 0.6 is 12.4 Å². The molecule has 0 bridgehead atoms. The fourth-order valence-electron chi connectivity index (χ4n) is 3.24. The third-order valence-electron chi connectivity index (χ3n) is 4.80. The largest absolute Gasteiger partial charge is 0.327 e. The van der Waals surface area contributed by atoms with E-state index >= 15 is 0 Å². The van der Waals surface area contributed by atoms with Gasteiger partial charge in [0.2, 0.25) is 0 Å². The van der Waals surface area contributed by atoms with Gasteiger partial charge >= 0.3 is 0 Å². The Morgan fingerprint density at radius 1 is 1.25 bits per heavy atom. The molecule has 20 heavy (non-hydrogen) atoms. The molecule has 2 N–H and O–H groups in total. The highest BCUT2D eigenvalue weighted by atomic mass is 35.5. The maximum atomic E-state index is 6.21. The van der Waals surface area contributed by atoms with Crippen LogP contribution in [0.5, 0.6) is 0 Å². The quantitative estimate of drug-likeness (QED) is 0.924. The molecule has 0 amide bonds. The summed E-state index contributed by atoms with van der Waals surface area (Å²) in [7, 11) is 0. The molecule has 3 heteroatoms. The molecule has 1 aliphatic heterocycles. The average molecular weight is 295 g/mol. The smallest absolute Gasteiger partial charge is 0.0234 e. The van der Waals surface area contributed by atoms with Crippen molar-refractivity contribution in [3.63, 3.8) is 0 Å². The van der Waals surface area contributed by atoms with Gasteiger partial charge in [-0.05, 0) is 41.7 Å². The van der Waals surface area contributed by atoms with E-state index in [0.717, 1.165) is 32.0 Å². The van der Waals surface area contributed by atoms with E-state index in [1.54, 1.807) is 5.56 Å². The maximum Gasteiger partial charge on any atom is 0.0234 e. The number of halogens is 1. The van der Waals surface area contributed by atoms with Gasteiger partial charge in [-0.25, -0.2) is 0 Å². The molecule has 2 aliphatic rings. The van der Waals surface area contributed by atoms with Gasteiger partial charge in [-0.3, -0.25) is 4.90 Å². The van der Waals surface area contributed by atoms with Gasteiger partial charge in [-0.1, -0.05) is 38.1 Å². The van der Waals surface area contributed by atoms with Gasteiger partial charge in [0.05, 0.1) is 0 Å². The monoisotopic (exact) mass is 294 g/mol. The Hall–Kier alpha value is -0.570. The van der Waals surface area contributed by atoms with Crippen LogP contribution in [-0.2, 0) is 6.54 Å². The lowest BCUT2D eigenvalue weighted by Gasteiger charge is -2.42. The average Bonchev–Trinajstić information content (AvgIpc) is 3.18. The Bertz CT molecular complexity index is 454. The van der Waals surface area contributed by atoms with Gasteiger partial charge in [0, 0.05) is 25.7 Å². The topological polar surface area (TPSA) is 29.3 Å². The first-order valence-electron chi connectivity index (χ1n) is 7.61. The van der Waals surface area contributed by atoms with Crippen LogP contribution < -0.4 is 5.73 Å². The molecule has 1 atom stereocenters. The zero-order chi connectivity index (χ0) is 13.5. The molecule has 1 unspecified atom stereocenters. The lowest BCUT2D eigenvalue weighted by atomic mass is 9.79. The fourth-order valence-corrected chi connectivity index (χ4v) is 3.24. The number of nitrogens with zero attached hydrogens (tertiary/aromatic N) is 1. The van der Waals surface area contributed by atoms with Gasteiger partial charge in [-0.2, -0.15) is 0 Å². The predicted molar refractivity (Wildman–Crippen MR) is 87.3 cm³/mol. The second kappa shape index (κ2) is 6.05. The van der Waals surface area contributed by atoms with Crippen LogP contribution in [-0.4, -0.2) is 24.0 Å². The van der Waals surface area contributed by atoms with E-state index in [0.29, 0.717) is 6.04 Å². The summed E-state index contributed by atoms with van der Waals surface area (Å²) in [4.78, 5) is 2.56. The van der Waals surface area contributed by atoms with Crippen LogP contribution in [0.15, 0.2) is 24.3 Å². The highest BCUT2D eigenvalue weighted by Gasteiger charge is 2.33. The SMILES string of the molecule is CC1(C)CN(Cc2cccc(C3CC3)c2)CCC1N.Cl. The molecule has 1 saturated heterocycles. The van der Waals surface area contributed by atoms with Crippen molar-refractivity contribution in [1.82, 2.24) is 4.90 Å². The Morgan fingerprint density at radius 3 is 2.65 bits per heavy atom. The van der Waals surface area contributed by atoms with Gasteiger partial charge in [0.15, 0.2) is 0 Å². The Balaban J connectivity index is 0.00000147. The Labute approximate surface area is 129 Å². The maximum absolute atomic E-state index is 6.21. The van der Waals surface area contributed by atoms with Gasteiger partial charge in [0.25, 0.3) is 0 Å². The summed E-state index contributed by atoms with van der Waals surface area (Å²) in [6.45, 7) is 7.92. The van der Waals surface area contributed by atoms with E-state index in [1.807, 2.05) is 0 Å². The molecular weight excluding hydrogens is 268 g/mol. The summed E-state index contributed by atoms with van der Waals surface area (Å²) in [5, 5.41) is 0. The van der Waals surface area contributed by atoms with E-state index in [4.69, 9.17) is 5.73 Å². The lowest BCUT2D eigenvalue weighted by molar-refractivity contribution is 0.0899. The van der Waals surface area contributed by atoms with E-state index in [-0.39, 0.29) is 17.8 Å². The number of benzene rings is 1. The summed E-state index contributed by atoms with van der Waals surface area (Å²) >= 11 is 0. The molecule has 1 aliphatic carbocycles. The summed E-state index contributed by atoms with van der Waals surface area (Å²) in [6, 6.07) is 9.55. The van der Waals surface area contributed by atoms with Crippen molar-refractivity contribution in [2.45, 2.75) is 51.6 Å². The molecule has 2 nitrogen and oxygen atoms in total. The van der Waals surface area contributed by atoms with E-state index in [1.165, 1.54) is 18.4 Å². The number of likely N-dealkylation sites (tertiary alicyclic amines) is 1. The van der Waals surface area contributed by atoms with Crippen molar-refractivity contribution in [2.75, 3.05) is 13.1 Å². The minimum atomic E-state index is 0. The molecule has 0 aromatic heterocycles. The standard InChI is InChI=1S/C17H26N2.ClH/c1-17(2)12-19(9-8-16(17)18)11-13-4-3-5-15(10-13)14-6-7-14;/h3-5,10,14,16H,6-9,11-12,18H2,1-2H3;1H. The Kier molecular flexibility index (Phi) is 4.78. The molecule has 0 spiro atoms. The van der Waals surface area contributed by atoms with Crippen LogP contribution in [0, 0.1) is 5.41 Å². The van der Waals surface area contributed by atoms with Gasteiger partial charge in [-0.15, -0.1) is 12.4 Å². The van der Waals surface area contributed by atoms with Crippen molar-refractivity contribution >= 4 is 12.4 Å². The minimum Gasteiger partial charge on any atom is -0.327 e. The molecule has 3 rings (SSSR count). The molecule has 0 radical (unpaired) electrons. The van der Waals surface area contributed by atoms with Gasteiger partial charge < -0.3 is 5.73 Å². The van der Waals surface area contributed by atoms with Crippen molar-refractivity contribution < 1.29 is 0 Å². The lowest BCUT2D eigenvalue weighted by Crippen LogP contribution is -2.52. The zero-order valence-electron chi connectivity index (χ0n) is 12.6. The van der Waals surface area contributed by atoms with Crippen molar-refractivity contribution in [3.8, 4) is 0 Å². The molecular formula is C17H27ClN2. The third-order valence-corrected chi connectivity index (χ3v) is 4.80. The Morgan fingerprint density at radius 2 is 2.00 bits per heavy atom. The van der Waals surface area contributed by atoms with Crippen LogP contribution in [0.1, 0.15) is 50.2 Å². The van der Waals surface area contributed by atoms with Crippen LogP contribution in [0.2, 0.25) is 0 Å². The zero-order valence-corrected chi connectivity index (χ0v) is 13.5. The van der Waals surface area contributed by atoms with Crippen LogP contribution in [0.4, 0.5) is 0 Å². The molecule has 1 aromatic rings. The molecule has 1 aromatic carbocycles. The van der Waals surface area contributed by atoms with Crippen molar-refractivity contribution in [3.05, 3.63) is 35.4 Å². The summed E-state index contributed by atoms with van der Waals surface area (Å²) in [5.74, 6) is 0.853. The second-order valence-electron chi connectivity index (χ2n) is 7.11. The van der Waals surface area contributed by atoms with Crippen molar-refractivity contribution in [2.24, 2.45) is 11.1 Å². The molecule has 112 valence electrons. The highest BCUT2D eigenvalue weighted by molar-refractivity contribution is 5.85. The number of nitrogens with two attached hydrogens (primary N) is 1. The van der Waals surface area contributed by atoms with E-state index < -0.39 is 0 Å². The summed E-state index contributed by atoms with van der Waals surface area (Å²) in [5.41, 5.74) is 9.47. The first kappa shape index (κ1) is 15.8. The molecule has 2 fully saturated rings. The molecule has 1 saturated carbocycles. The van der Waals surface area contributed by atoms with Gasteiger partial charge in [0.1, 0.15) is 0 Å². The number of rotatable bonds is 3.